The zero-order valence-corrected chi connectivity index (χ0v) is 11.7. The quantitative estimate of drug-likeness (QED) is 0.830. The Kier molecular flexibility index (Phi) is 4.29. The summed E-state index contributed by atoms with van der Waals surface area (Å²) in [6, 6.07) is 5.30. The highest BCUT2D eigenvalue weighted by Crippen LogP contribution is 2.26. The lowest BCUT2D eigenvalue weighted by atomic mass is 10.1. The molecule has 1 aliphatic heterocycles. The van der Waals surface area contributed by atoms with Gasteiger partial charge in [0.15, 0.2) is 0 Å². The maximum absolute atomic E-state index is 12.0. The van der Waals surface area contributed by atoms with Gasteiger partial charge in [0.1, 0.15) is 0 Å². The van der Waals surface area contributed by atoms with Crippen LogP contribution < -0.4 is 5.32 Å². The van der Waals surface area contributed by atoms with Gasteiger partial charge < -0.3 is 10.2 Å². The van der Waals surface area contributed by atoms with E-state index in [1.165, 1.54) is 6.42 Å². The first-order valence-corrected chi connectivity index (χ1v) is 6.85. The van der Waals surface area contributed by atoms with Crippen LogP contribution in [0.4, 0.5) is 10.5 Å². The molecule has 1 aromatic rings. The maximum Gasteiger partial charge on any atom is 0.321 e. The number of piperidine rings is 1. The summed E-state index contributed by atoms with van der Waals surface area (Å²) in [6.45, 7) is 1.67. The van der Waals surface area contributed by atoms with Crippen molar-refractivity contribution in [2.24, 2.45) is 0 Å². The average Bonchev–Trinajstić information content (AvgIpc) is 2.35. The van der Waals surface area contributed by atoms with Gasteiger partial charge in [-0.25, -0.2) is 4.79 Å². The third kappa shape index (κ3) is 3.36. The number of carbonyl (C=O) groups is 1. The van der Waals surface area contributed by atoms with Crippen LogP contribution >= 0.6 is 27.5 Å². The molecule has 2 amide bonds. The van der Waals surface area contributed by atoms with Crippen LogP contribution in [0.5, 0.6) is 0 Å². The Bertz CT molecular complexity index is 419. The second-order valence-corrected chi connectivity index (χ2v) is 5.39. The highest BCUT2D eigenvalue weighted by Gasteiger charge is 2.17. The van der Waals surface area contributed by atoms with Gasteiger partial charge in [-0.05, 0) is 53.4 Å². The summed E-state index contributed by atoms with van der Waals surface area (Å²) in [7, 11) is 0. The fraction of sp³-hybridized carbons (Fsp3) is 0.417. The zero-order valence-electron chi connectivity index (χ0n) is 9.38. The SMILES string of the molecule is O=C(Nc1cc(Cl)ccc1Br)N1CCCCC1. The molecule has 1 aromatic carbocycles. The zero-order chi connectivity index (χ0) is 12.3. The average molecular weight is 318 g/mol. The van der Waals surface area contributed by atoms with Crippen LogP contribution in [0.3, 0.4) is 0 Å². The van der Waals surface area contributed by atoms with Crippen molar-refractivity contribution in [3.8, 4) is 0 Å². The molecule has 0 aromatic heterocycles. The highest BCUT2D eigenvalue weighted by molar-refractivity contribution is 9.10. The minimum atomic E-state index is -0.0485. The number of rotatable bonds is 1. The Morgan fingerprint density at radius 3 is 2.71 bits per heavy atom. The molecule has 0 atom stereocenters. The fourth-order valence-corrected chi connectivity index (χ4v) is 2.40. The van der Waals surface area contributed by atoms with Crippen molar-refractivity contribution in [3.63, 3.8) is 0 Å². The Hall–Kier alpha value is -0.740. The van der Waals surface area contributed by atoms with E-state index < -0.39 is 0 Å². The third-order valence-corrected chi connectivity index (χ3v) is 3.74. The number of halogens is 2. The Morgan fingerprint density at radius 1 is 1.29 bits per heavy atom. The minimum Gasteiger partial charge on any atom is -0.325 e. The number of nitrogens with zero attached hydrogens (tertiary/aromatic N) is 1. The van der Waals surface area contributed by atoms with E-state index >= 15 is 0 Å². The second-order valence-electron chi connectivity index (χ2n) is 4.10. The van der Waals surface area contributed by atoms with Crippen LogP contribution in [0.2, 0.25) is 5.02 Å². The first-order valence-electron chi connectivity index (χ1n) is 5.68. The standard InChI is InChI=1S/C12H14BrClN2O/c13-10-5-4-9(14)8-11(10)15-12(17)16-6-2-1-3-7-16/h4-5,8H,1-3,6-7H2,(H,15,17). The van der Waals surface area contributed by atoms with Gasteiger partial charge in [-0.3, -0.25) is 0 Å². The molecular formula is C12H14BrClN2O. The summed E-state index contributed by atoms with van der Waals surface area (Å²) >= 11 is 9.29. The van der Waals surface area contributed by atoms with Gasteiger partial charge in [-0.2, -0.15) is 0 Å². The van der Waals surface area contributed by atoms with Crippen molar-refractivity contribution in [3.05, 3.63) is 27.7 Å². The molecule has 1 saturated heterocycles. The predicted molar refractivity (Wildman–Crippen MR) is 73.6 cm³/mol. The number of benzene rings is 1. The number of amides is 2. The molecule has 0 bridgehead atoms. The number of hydrogen-bond acceptors (Lipinski definition) is 1. The number of urea groups is 1. The molecule has 0 unspecified atom stereocenters. The number of carbonyl (C=O) groups excluding carboxylic acids is 1. The normalized spacial score (nSPS) is 15.8. The maximum atomic E-state index is 12.0. The summed E-state index contributed by atoms with van der Waals surface area (Å²) in [5.74, 6) is 0. The molecule has 5 heteroatoms. The lowest BCUT2D eigenvalue weighted by molar-refractivity contribution is 0.200. The van der Waals surface area contributed by atoms with Crippen LogP contribution in [0.1, 0.15) is 19.3 Å². The largest absolute Gasteiger partial charge is 0.325 e. The minimum absolute atomic E-state index is 0.0485. The molecule has 1 aliphatic rings. The molecule has 0 saturated carbocycles. The van der Waals surface area contributed by atoms with Crippen molar-refractivity contribution >= 4 is 39.2 Å². The summed E-state index contributed by atoms with van der Waals surface area (Å²) < 4.78 is 0.840. The second kappa shape index (κ2) is 5.74. The highest BCUT2D eigenvalue weighted by atomic mass is 79.9. The Labute approximate surface area is 114 Å². The third-order valence-electron chi connectivity index (χ3n) is 2.81. The van der Waals surface area contributed by atoms with E-state index in [0.717, 1.165) is 30.4 Å². The van der Waals surface area contributed by atoms with Gasteiger partial charge in [0, 0.05) is 22.6 Å². The number of anilines is 1. The molecule has 1 N–H and O–H groups in total. The smallest absolute Gasteiger partial charge is 0.321 e. The van der Waals surface area contributed by atoms with E-state index in [9.17, 15) is 4.79 Å². The van der Waals surface area contributed by atoms with E-state index in [4.69, 9.17) is 11.6 Å². The molecular weight excluding hydrogens is 304 g/mol. The molecule has 1 fully saturated rings. The van der Waals surface area contributed by atoms with Crippen LogP contribution in [-0.4, -0.2) is 24.0 Å². The lowest BCUT2D eigenvalue weighted by Gasteiger charge is -2.27. The predicted octanol–water partition coefficient (Wildman–Crippen LogP) is 4.12. The van der Waals surface area contributed by atoms with Crippen LogP contribution in [0, 0.1) is 0 Å². The molecule has 0 spiro atoms. The van der Waals surface area contributed by atoms with Gasteiger partial charge in [-0.1, -0.05) is 11.6 Å². The van der Waals surface area contributed by atoms with Crippen LogP contribution in [0.25, 0.3) is 0 Å². The van der Waals surface area contributed by atoms with Crippen molar-refractivity contribution < 1.29 is 4.79 Å². The van der Waals surface area contributed by atoms with Crippen LogP contribution in [0.15, 0.2) is 22.7 Å². The molecule has 0 aliphatic carbocycles. The molecule has 17 heavy (non-hydrogen) atoms. The van der Waals surface area contributed by atoms with E-state index in [-0.39, 0.29) is 6.03 Å². The number of likely N-dealkylation sites (tertiary alicyclic amines) is 1. The van der Waals surface area contributed by atoms with Crippen molar-refractivity contribution in [2.75, 3.05) is 18.4 Å². The van der Waals surface area contributed by atoms with Gasteiger partial charge in [0.25, 0.3) is 0 Å². The first-order chi connectivity index (χ1) is 8.16. The van der Waals surface area contributed by atoms with Gasteiger partial charge >= 0.3 is 6.03 Å². The number of hydrogen-bond donors (Lipinski definition) is 1. The fourth-order valence-electron chi connectivity index (χ4n) is 1.88. The van der Waals surface area contributed by atoms with Crippen molar-refractivity contribution in [2.45, 2.75) is 19.3 Å². The first kappa shape index (κ1) is 12.7. The molecule has 3 nitrogen and oxygen atoms in total. The van der Waals surface area contributed by atoms with E-state index in [1.807, 2.05) is 11.0 Å². The Morgan fingerprint density at radius 2 is 2.00 bits per heavy atom. The molecule has 92 valence electrons. The summed E-state index contributed by atoms with van der Waals surface area (Å²) in [5, 5.41) is 3.49. The molecule has 1 heterocycles. The van der Waals surface area contributed by atoms with E-state index in [0.29, 0.717) is 10.7 Å². The molecule has 0 radical (unpaired) electrons. The van der Waals surface area contributed by atoms with Crippen molar-refractivity contribution in [1.82, 2.24) is 4.90 Å². The number of nitrogens with one attached hydrogen (secondary N) is 1. The van der Waals surface area contributed by atoms with Crippen molar-refractivity contribution in [1.29, 1.82) is 0 Å². The summed E-state index contributed by atoms with van der Waals surface area (Å²) in [6.07, 6.45) is 3.39. The van der Waals surface area contributed by atoms with Gasteiger partial charge in [0.2, 0.25) is 0 Å². The summed E-state index contributed by atoms with van der Waals surface area (Å²) in [5.41, 5.74) is 0.716. The Balaban J connectivity index is 2.04. The summed E-state index contributed by atoms with van der Waals surface area (Å²) in [4.78, 5) is 13.8. The van der Waals surface area contributed by atoms with E-state index in [1.54, 1.807) is 12.1 Å². The lowest BCUT2D eigenvalue weighted by Crippen LogP contribution is -2.38. The van der Waals surface area contributed by atoms with E-state index in [2.05, 4.69) is 21.2 Å². The monoisotopic (exact) mass is 316 g/mol. The van der Waals surface area contributed by atoms with Crippen LogP contribution in [-0.2, 0) is 0 Å². The topological polar surface area (TPSA) is 32.3 Å². The van der Waals surface area contributed by atoms with Gasteiger partial charge in [-0.15, -0.1) is 0 Å². The van der Waals surface area contributed by atoms with Gasteiger partial charge in [0.05, 0.1) is 5.69 Å². The molecule has 2 rings (SSSR count).